The third kappa shape index (κ3) is 1.20. The van der Waals surface area contributed by atoms with Crippen LogP contribution in [0.25, 0.3) is 0 Å². The zero-order valence-corrected chi connectivity index (χ0v) is 5.22. The van der Waals surface area contributed by atoms with Gasteiger partial charge in [0.1, 0.15) is 0 Å². The van der Waals surface area contributed by atoms with E-state index in [0.717, 1.165) is 25.3 Å². The van der Waals surface area contributed by atoms with Crippen LogP contribution < -0.4 is 5.32 Å². The number of aliphatic hydroxyl groups is 1. The standard InChI is InChI=1S/C6H13NO/c1-7-4-5-2-6(8)3-5/h5-8H,2-4H2,1H3/t5-,6-. The van der Waals surface area contributed by atoms with Crippen molar-refractivity contribution in [1.29, 1.82) is 0 Å². The second kappa shape index (κ2) is 2.46. The molecule has 2 heteroatoms. The molecular weight excluding hydrogens is 102 g/mol. The lowest BCUT2D eigenvalue weighted by atomic mass is 9.82. The van der Waals surface area contributed by atoms with Crippen LogP contribution in [0.5, 0.6) is 0 Å². The summed E-state index contributed by atoms with van der Waals surface area (Å²) in [6, 6.07) is 0. The van der Waals surface area contributed by atoms with E-state index >= 15 is 0 Å². The molecule has 0 aromatic rings. The van der Waals surface area contributed by atoms with Crippen molar-refractivity contribution in [2.45, 2.75) is 18.9 Å². The second-order valence-corrected chi connectivity index (χ2v) is 2.55. The van der Waals surface area contributed by atoms with Crippen molar-refractivity contribution >= 4 is 0 Å². The van der Waals surface area contributed by atoms with E-state index in [0.29, 0.717) is 0 Å². The van der Waals surface area contributed by atoms with E-state index in [1.807, 2.05) is 7.05 Å². The third-order valence-corrected chi connectivity index (χ3v) is 1.70. The monoisotopic (exact) mass is 115 g/mol. The van der Waals surface area contributed by atoms with Crippen molar-refractivity contribution in [1.82, 2.24) is 5.32 Å². The lowest BCUT2D eigenvalue weighted by Crippen LogP contribution is -2.34. The van der Waals surface area contributed by atoms with Gasteiger partial charge in [-0.25, -0.2) is 0 Å². The molecule has 0 unspecified atom stereocenters. The SMILES string of the molecule is CNC[C@H]1C[C@H](O)C1. The minimum Gasteiger partial charge on any atom is -0.393 e. The van der Waals surface area contributed by atoms with Gasteiger partial charge in [-0.15, -0.1) is 0 Å². The molecule has 0 aromatic heterocycles. The summed E-state index contributed by atoms with van der Waals surface area (Å²) in [5.41, 5.74) is 0. The maximum Gasteiger partial charge on any atom is 0.0546 e. The number of aliphatic hydroxyl groups excluding tert-OH is 1. The predicted molar refractivity (Wildman–Crippen MR) is 32.7 cm³/mol. The lowest BCUT2D eigenvalue weighted by Gasteiger charge is -2.30. The molecule has 1 rings (SSSR count). The van der Waals surface area contributed by atoms with Crippen LogP contribution in [0.3, 0.4) is 0 Å². The summed E-state index contributed by atoms with van der Waals surface area (Å²) in [4.78, 5) is 0. The van der Waals surface area contributed by atoms with E-state index < -0.39 is 0 Å². The van der Waals surface area contributed by atoms with E-state index in [1.165, 1.54) is 0 Å². The first-order chi connectivity index (χ1) is 3.83. The van der Waals surface area contributed by atoms with E-state index in [9.17, 15) is 0 Å². The number of hydrogen-bond donors (Lipinski definition) is 2. The number of nitrogens with one attached hydrogen (secondary N) is 1. The smallest absolute Gasteiger partial charge is 0.0546 e. The molecule has 48 valence electrons. The Balaban J connectivity index is 1.98. The normalized spacial score (nSPS) is 36.8. The minimum atomic E-state index is 0.00773. The molecule has 0 saturated heterocycles. The van der Waals surface area contributed by atoms with E-state index in [-0.39, 0.29) is 6.10 Å². The Morgan fingerprint density at radius 2 is 2.25 bits per heavy atom. The van der Waals surface area contributed by atoms with Crippen LogP contribution in [-0.4, -0.2) is 24.8 Å². The van der Waals surface area contributed by atoms with E-state index in [2.05, 4.69) is 5.32 Å². The molecular formula is C6H13NO. The third-order valence-electron chi connectivity index (χ3n) is 1.70. The second-order valence-electron chi connectivity index (χ2n) is 2.55. The van der Waals surface area contributed by atoms with Gasteiger partial charge in [-0.1, -0.05) is 0 Å². The Bertz CT molecular complexity index is 66.2. The fourth-order valence-corrected chi connectivity index (χ4v) is 1.16. The van der Waals surface area contributed by atoms with Crippen molar-refractivity contribution < 1.29 is 5.11 Å². The summed E-state index contributed by atoms with van der Waals surface area (Å²) < 4.78 is 0. The van der Waals surface area contributed by atoms with E-state index in [4.69, 9.17) is 5.11 Å². The van der Waals surface area contributed by atoms with Crippen molar-refractivity contribution in [2.75, 3.05) is 13.6 Å². The Kier molecular flexibility index (Phi) is 1.86. The molecule has 1 saturated carbocycles. The first-order valence-corrected chi connectivity index (χ1v) is 3.15. The zero-order chi connectivity index (χ0) is 5.98. The molecule has 0 spiro atoms. The summed E-state index contributed by atoms with van der Waals surface area (Å²) in [6.45, 7) is 1.07. The van der Waals surface area contributed by atoms with Crippen LogP contribution >= 0.6 is 0 Å². The highest BCUT2D eigenvalue weighted by atomic mass is 16.3. The highest BCUT2D eigenvalue weighted by Gasteiger charge is 2.25. The summed E-state index contributed by atoms with van der Waals surface area (Å²) in [6.07, 6.45) is 2.01. The molecule has 1 aliphatic carbocycles. The highest BCUT2D eigenvalue weighted by molar-refractivity contribution is 4.79. The summed E-state index contributed by atoms with van der Waals surface area (Å²) in [7, 11) is 1.95. The van der Waals surface area contributed by atoms with Crippen LogP contribution in [-0.2, 0) is 0 Å². The predicted octanol–water partition coefficient (Wildman–Crippen LogP) is -0.0233. The molecule has 1 fully saturated rings. The van der Waals surface area contributed by atoms with Gasteiger partial charge >= 0.3 is 0 Å². The molecule has 0 atom stereocenters. The summed E-state index contributed by atoms with van der Waals surface area (Å²) in [5, 5.41) is 11.9. The first kappa shape index (κ1) is 6.05. The van der Waals surface area contributed by atoms with Crippen LogP contribution in [0.15, 0.2) is 0 Å². The topological polar surface area (TPSA) is 32.3 Å². The van der Waals surface area contributed by atoms with Crippen molar-refractivity contribution in [2.24, 2.45) is 5.92 Å². The molecule has 0 bridgehead atoms. The van der Waals surface area contributed by atoms with Gasteiger partial charge < -0.3 is 10.4 Å². The number of rotatable bonds is 2. The van der Waals surface area contributed by atoms with Gasteiger partial charge in [0.05, 0.1) is 6.10 Å². The van der Waals surface area contributed by atoms with Crippen LogP contribution in [0, 0.1) is 5.92 Å². The highest BCUT2D eigenvalue weighted by Crippen LogP contribution is 2.25. The van der Waals surface area contributed by atoms with Gasteiger partial charge in [-0.05, 0) is 32.4 Å². The molecule has 0 aromatic carbocycles. The van der Waals surface area contributed by atoms with Gasteiger partial charge in [0.2, 0.25) is 0 Å². The molecule has 0 amide bonds. The van der Waals surface area contributed by atoms with Crippen LogP contribution in [0.2, 0.25) is 0 Å². The van der Waals surface area contributed by atoms with Crippen molar-refractivity contribution in [3.05, 3.63) is 0 Å². The van der Waals surface area contributed by atoms with Crippen molar-refractivity contribution in [3.63, 3.8) is 0 Å². The Labute approximate surface area is 49.9 Å². The summed E-state index contributed by atoms with van der Waals surface area (Å²) in [5.74, 6) is 0.745. The molecule has 0 heterocycles. The van der Waals surface area contributed by atoms with Gasteiger partial charge in [0.25, 0.3) is 0 Å². The van der Waals surface area contributed by atoms with Crippen LogP contribution in [0.4, 0.5) is 0 Å². The largest absolute Gasteiger partial charge is 0.393 e. The lowest BCUT2D eigenvalue weighted by molar-refractivity contribution is 0.0439. The van der Waals surface area contributed by atoms with Gasteiger partial charge in [-0.3, -0.25) is 0 Å². The fourth-order valence-electron chi connectivity index (χ4n) is 1.16. The Morgan fingerprint density at radius 3 is 2.62 bits per heavy atom. The Hall–Kier alpha value is -0.0800. The van der Waals surface area contributed by atoms with Crippen molar-refractivity contribution in [3.8, 4) is 0 Å². The average Bonchev–Trinajstić information content (AvgIpc) is 1.64. The quantitative estimate of drug-likeness (QED) is 0.530. The Morgan fingerprint density at radius 1 is 1.62 bits per heavy atom. The maximum atomic E-state index is 8.82. The maximum absolute atomic E-state index is 8.82. The number of hydrogen-bond acceptors (Lipinski definition) is 2. The van der Waals surface area contributed by atoms with Gasteiger partial charge in [0.15, 0.2) is 0 Å². The van der Waals surface area contributed by atoms with Crippen LogP contribution in [0.1, 0.15) is 12.8 Å². The minimum absolute atomic E-state index is 0.00773. The zero-order valence-electron chi connectivity index (χ0n) is 5.22. The summed E-state index contributed by atoms with van der Waals surface area (Å²) >= 11 is 0. The molecule has 0 radical (unpaired) electrons. The van der Waals surface area contributed by atoms with E-state index in [1.54, 1.807) is 0 Å². The fraction of sp³-hybridized carbons (Fsp3) is 1.00. The molecule has 0 aliphatic heterocycles. The molecule has 2 N–H and O–H groups in total. The van der Waals surface area contributed by atoms with Gasteiger partial charge in [-0.2, -0.15) is 0 Å². The average molecular weight is 115 g/mol. The first-order valence-electron chi connectivity index (χ1n) is 3.15. The molecule has 2 nitrogen and oxygen atoms in total. The van der Waals surface area contributed by atoms with Gasteiger partial charge in [0, 0.05) is 0 Å². The molecule has 8 heavy (non-hydrogen) atoms. The molecule has 1 aliphatic rings.